The number of carbonyl (C=O) groups is 2. The lowest BCUT2D eigenvalue weighted by Crippen LogP contribution is -2.35. The van der Waals surface area contributed by atoms with Gasteiger partial charge in [-0.1, -0.05) is 47.5 Å². The molecule has 0 bridgehead atoms. The summed E-state index contributed by atoms with van der Waals surface area (Å²) in [6.07, 6.45) is 0. The Labute approximate surface area is 134 Å². The molecule has 2 amide bonds. The van der Waals surface area contributed by atoms with E-state index in [4.69, 9.17) is 11.6 Å². The second kappa shape index (κ2) is 7.09. The van der Waals surface area contributed by atoms with Crippen LogP contribution in [0.5, 0.6) is 0 Å². The highest BCUT2D eigenvalue weighted by molar-refractivity contribution is 6.39. The van der Waals surface area contributed by atoms with E-state index in [1.807, 2.05) is 32.0 Å². The molecule has 0 saturated heterocycles. The van der Waals surface area contributed by atoms with Crippen molar-refractivity contribution < 1.29 is 9.59 Å². The average Bonchev–Trinajstić information content (AvgIpc) is 2.49. The summed E-state index contributed by atoms with van der Waals surface area (Å²) in [7, 11) is 0. The van der Waals surface area contributed by atoms with Gasteiger partial charge >= 0.3 is 11.8 Å². The van der Waals surface area contributed by atoms with Crippen LogP contribution in [0, 0.1) is 13.8 Å². The van der Waals surface area contributed by atoms with Gasteiger partial charge in [-0.05, 0) is 37.1 Å². The summed E-state index contributed by atoms with van der Waals surface area (Å²) in [4.78, 5) is 23.7. The van der Waals surface area contributed by atoms with Gasteiger partial charge in [0.05, 0.1) is 0 Å². The summed E-state index contributed by atoms with van der Waals surface area (Å²) in [6, 6.07) is 12.8. The molecule has 0 saturated carbocycles. The van der Waals surface area contributed by atoms with Crippen LogP contribution in [0.1, 0.15) is 16.7 Å². The molecular formula is C17H17ClN2O2. The molecule has 0 radical (unpaired) electrons. The molecule has 0 fully saturated rings. The maximum absolute atomic E-state index is 11.9. The van der Waals surface area contributed by atoms with Crippen molar-refractivity contribution in [3.63, 3.8) is 0 Å². The number of aryl methyl sites for hydroxylation is 2. The van der Waals surface area contributed by atoms with E-state index in [0.29, 0.717) is 10.7 Å². The standard InChI is InChI=1S/C17H17ClN2O2/c1-11-7-8-15(12(2)9-11)20-17(22)16(21)19-10-13-5-3-4-6-14(13)18/h3-9H,10H2,1-2H3,(H,19,21)(H,20,22). The lowest BCUT2D eigenvalue weighted by Gasteiger charge is -2.10. The number of hydrogen-bond donors (Lipinski definition) is 2. The van der Waals surface area contributed by atoms with E-state index < -0.39 is 11.8 Å². The fourth-order valence-electron chi connectivity index (χ4n) is 2.03. The summed E-state index contributed by atoms with van der Waals surface area (Å²) in [5.74, 6) is -1.39. The van der Waals surface area contributed by atoms with E-state index in [-0.39, 0.29) is 6.54 Å². The molecule has 0 aliphatic heterocycles. The van der Waals surface area contributed by atoms with Crippen LogP contribution in [-0.2, 0) is 16.1 Å². The quantitative estimate of drug-likeness (QED) is 0.854. The third-order valence-corrected chi connectivity index (χ3v) is 3.60. The smallest absolute Gasteiger partial charge is 0.313 e. The number of hydrogen-bond acceptors (Lipinski definition) is 2. The molecule has 0 aromatic heterocycles. The van der Waals surface area contributed by atoms with Crippen molar-refractivity contribution in [3.05, 3.63) is 64.2 Å². The topological polar surface area (TPSA) is 58.2 Å². The third-order valence-electron chi connectivity index (χ3n) is 3.23. The van der Waals surface area contributed by atoms with Crippen LogP contribution in [-0.4, -0.2) is 11.8 Å². The molecule has 22 heavy (non-hydrogen) atoms. The van der Waals surface area contributed by atoms with Gasteiger partial charge in [0.2, 0.25) is 0 Å². The van der Waals surface area contributed by atoms with Crippen LogP contribution in [0.3, 0.4) is 0 Å². The molecular weight excluding hydrogens is 300 g/mol. The predicted molar refractivity (Wildman–Crippen MR) is 87.8 cm³/mol. The maximum Gasteiger partial charge on any atom is 0.313 e. The largest absolute Gasteiger partial charge is 0.344 e. The van der Waals surface area contributed by atoms with Crippen LogP contribution in [0.25, 0.3) is 0 Å². The van der Waals surface area contributed by atoms with Gasteiger partial charge in [0.1, 0.15) is 0 Å². The van der Waals surface area contributed by atoms with E-state index >= 15 is 0 Å². The van der Waals surface area contributed by atoms with E-state index in [2.05, 4.69) is 10.6 Å². The second-order valence-corrected chi connectivity index (χ2v) is 5.45. The highest BCUT2D eigenvalue weighted by Gasteiger charge is 2.14. The maximum atomic E-state index is 11.9. The Morgan fingerprint density at radius 1 is 1.05 bits per heavy atom. The van der Waals surface area contributed by atoms with Crippen molar-refractivity contribution in [1.29, 1.82) is 0 Å². The summed E-state index contributed by atoms with van der Waals surface area (Å²) in [5, 5.41) is 5.71. The van der Waals surface area contributed by atoms with Crippen molar-refractivity contribution in [2.75, 3.05) is 5.32 Å². The zero-order valence-electron chi connectivity index (χ0n) is 12.4. The number of amides is 2. The number of benzene rings is 2. The van der Waals surface area contributed by atoms with Gasteiger partial charge in [0, 0.05) is 17.3 Å². The van der Waals surface area contributed by atoms with Crippen LogP contribution in [0.4, 0.5) is 5.69 Å². The van der Waals surface area contributed by atoms with Crippen molar-refractivity contribution in [3.8, 4) is 0 Å². The zero-order valence-corrected chi connectivity index (χ0v) is 13.2. The average molecular weight is 317 g/mol. The molecule has 4 nitrogen and oxygen atoms in total. The van der Waals surface area contributed by atoms with Crippen molar-refractivity contribution >= 4 is 29.1 Å². The third kappa shape index (κ3) is 4.09. The van der Waals surface area contributed by atoms with Crippen LogP contribution >= 0.6 is 11.6 Å². The monoisotopic (exact) mass is 316 g/mol. The van der Waals surface area contributed by atoms with Gasteiger partial charge in [0.25, 0.3) is 0 Å². The van der Waals surface area contributed by atoms with Gasteiger partial charge in [0.15, 0.2) is 0 Å². The van der Waals surface area contributed by atoms with Crippen LogP contribution < -0.4 is 10.6 Å². The van der Waals surface area contributed by atoms with E-state index in [9.17, 15) is 9.59 Å². The lowest BCUT2D eigenvalue weighted by molar-refractivity contribution is -0.136. The van der Waals surface area contributed by atoms with Gasteiger partial charge in [-0.3, -0.25) is 9.59 Å². The molecule has 2 aromatic carbocycles. The number of carbonyl (C=O) groups excluding carboxylic acids is 2. The predicted octanol–water partition coefficient (Wildman–Crippen LogP) is 3.21. The Kier molecular flexibility index (Phi) is 5.17. The Morgan fingerprint density at radius 3 is 2.45 bits per heavy atom. The molecule has 0 aliphatic carbocycles. The summed E-state index contributed by atoms with van der Waals surface area (Å²) in [5.41, 5.74) is 3.39. The second-order valence-electron chi connectivity index (χ2n) is 5.05. The molecule has 5 heteroatoms. The van der Waals surface area contributed by atoms with Crippen molar-refractivity contribution in [2.24, 2.45) is 0 Å². The Bertz CT molecular complexity index is 714. The lowest BCUT2D eigenvalue weighted by atomic mass is 10.1. The Hall–Kier alpha value is -2.33. The van der Waals surface area contributed by atoms with Gasteiger partial charge in [-0.25, -0.2) is 0 Å². The first-order valence-corrected chi connectivity index (χ1v) is 7.25. The van der Waals surface area contributed by atoms with Crippen LogP contribution in [0.2, 0.25) is 5.02 Å². The first kappa shape index (κ1) is 16.0. The highest BCUT2D eigenvalue weighted by Crippen LogP contribution is 2.16. The Morgan fingerprint density at radius 2 is 1.77 bits per heavy atom. The first-order chi connectivity index (χ1) is 10.5. The number of anilines is 1. The van der Waals surface area contributed by atoms with Crippen LogP contribution in [0.15, 0.2) is 42.5 Å². The van der Waals surface area contributed by atoms with E-state index in [1.54, 1.807) is 24.3 Å². The molecule has 2 N–H and O–H groups in total. The highest BCUT2D eigenvalue weighted by atomic mass is 35.5. The normalized spacial score (nSPS) is 10.1. The molecule has 0 heterocycles. The SMILES string of the molecule is Cc1ccc(NC(=O)C(=O)NCc2ccccc2Cl)c(C)c1. The van der Waals surface area contributed by atoms with Gasteiger partial charge in [-0.2, -0.15) is 0 Å². The van der Waals surface area contributed by atoms with E-state index in [0.717, 1.165) is 16.7 Å². The fraction of sp³-hybridized carbons (Fsp3) is 0.176. The molecule has 0 unspecified atom stereocenters. The minimum absolute atomic E-state index is 0.207. The van der Waals surface area contributed by atoms with E-state index in [1.165, 1.54) is 0 Å². The summed E-state index contributed by atoms with van der Waals surface area (Å²) >= 11 is 6.00. The number of halogens is 1. The molecule has 2 aromatic rings. The summed E-state index contributed by atoms with van der Waals surface area (Å²) in [6.45, 7) is 4.05. The minimum Gasteiger partial charge on any atom is -0.344 e. The Balaban J connectivity index is 1.95. The van der Waals surface area contributed by atoms with Crippen molar-refractivity contribution in [1.82, 2.24) is 5.32 Å². The molecule has 2 rings (SSSR count). The molecule has 0 atom stereocenters. The fourth-order valence-corrected chi connectivity index (χ4v) is 2.23. The first-order valence-electron chi connectivity index (χ1n) is 6.87. The molecule has 114 valence electrons. The van der Waals surface area contributed by atoms with Crippen molar-refractivity contribution in [2.45, 2.75) is 20.4 Å². The molecule has 0 aliphatic rings. The van der Waals surface area contributed by atoms with Gasteiger partial charge < -0.3 is 10.6 Å². The summed E-state index contributed by atoms with van der Waals surface area (Å²) < 4.78 is 0. The van der Waals surface area contributed by atoms with Gasteiger partial charge in [-0.15, -0.1) is 0 Å². The number of nitrogens with one attached hydrogen (secondary N) is 2. The molecule has 0 spiro atoms. The minimum atomic E-state index is -0.695. The zero-order chi connectivity index (χ0) is 16.1. The number of rotatable bonds is 3.